The lowest BCUT2D eigenvalue weighted by Gasteiger charge is -2.27. The van der Waals surface area contributed by atoms with Gasteiger partial charge in [-0.15, -0.1) is 0 Å². The molecule has 0 aliphatic heterocycles. The van der Waals surface area contributed by atoms with E-state index < -0.39 is 5.91 Å². The summed E-state index contributed by atoms with van der Waals surface area (Å²) in [4.78, 5) is 36.1. The van der Waals surface area contributed by atoms with Crippen LogP contribution in [0.15, 0.2) is 24.3 Å². The smallest absolute Gasteiger partial charge is 0.309 e. The second-order valence-electron chi connectivity index (χ2n) is 7.80. The van der Waals surface area contributed by atoms with E-state index in [9.17, 15) is 14.4 Å². The Labute approximate surface area is 173 Å². The first-order chi connectivity index (χ1) is 14.0. The summed E-state index contributed by atoms with van der Waals surface area (Å²) in [5.41, 5.74) is 1.78. The highest BCUT2D eigenvalue weighted by atomic mass is 16.5. The van der Waals surface area contributed by atoms with E-state index >= 15 is 0 Å². The third kappa shape index (κ3) is 7.87. The highest BCUT2D eigenvalue weighted by molar-refractivity contribution is 5.95. The Morgan fingerprint density at radius 2 is 1.76 bits per heavy atom. The number of hydrogen-bond acceptors (Lipinski definition) is 4. The molecule has 1 aliphatic carbocycles. The van der Waals surface area contributed by atoms with Gasteiger partial charge in [0.25, 0.3) is 5.91 Å². The molecule has 0 unspecified atom stereocenters. The zero-order valence-electron chi connectivity index (χ0n) is 17.7. The molecule has 1 aromatic carbocycles. The maximum atomic E-state index is 12.2. The lowest BCUT2D eigenvalue weighted by Crippen LogP contribution is -2.36. The van der Waals surface area contributed by atoms with Crippen LogP contribution in [0.25, 0.3) is 0 Å². The maximum absolute atomic E-state index is 12.2. The van der Waals surface area contributed by atoms with E-state index in [0.717, 1.165) is 49.3 Å². The van der Waals surface area contributed by atoms with Crippen molar-refractivity contribution in [3.63, 3.8) is 0 Å². The van der Waals surface area contributed by atoms with Crippen LogP contribution >= 0.6 is 0 Å². The molecule has 2 N–H and O–H groups in total. The van der Waals surface area contributed by atoms with Gasteiger partial charge in [-0.3, -0.25) is 14.4 Å². The van der Waals surface area contributed by atoms with Gasteiger partial charge in [0.05, 0.1) is 12.5 Å². The molecular weight excluding hydrogens is 368 g/mol. The van der Waals surface area contributed by atoms with Crippen molar-refractivity contribution in [3.05, 3.63) is 29.8 Å². The molecule has 6 nitrogen and oxygen atoms in total. The number of amides is 2. The number of anilines is 1. The van der Waals surface area contributed by atoms with Gasteiger partial charge in [0, 0.05) is 5.69 Å². The van der Waals surface area contributed by atoms with Gasteiger partial charge in [-0.1, -0.05) is 51.3 Å². The molecule has 1 fully saturated rings. The summed E-state index contributed by atoms with van der Waals surface area (Å²) >= 11 is 0. The second-order valence-corrected chi connectivity index (χ2v) is 7.80. The summed E-state index contributed by atoms with van der Waals surface area (Å²) in [6.45, 7) is 3.71. The normalized spacial score (nSPS) is 18.7. The third-order valence-corrected chi connectivity index (χ3v) is 5.61. The van der Waals surface area contributed by atoms with Gasteiger partial charge in [-0.25, -0.2) is 0 Å². The highest BCUT2D eigenvalue weighted by Crippen LogP contribution is 2.32. The van der Waals surface area contributed by atoms with Crippen molar-refractivity contribution < 1.29 is 19.1 Å². The molecule has 160 valence electrons. The van der Waals surface area contributed by atoms with Crippen molar-refractivity contribution in [2.45, 2.75) is 65.2 Å². The fourth-order valence-corrected chi connectivity index (χ4v) is 3.81. The summed E-state index contributed by atoms with van der Waals surface area (Å²) in [5, 5.41) is 5.29. The van der Waals surface area contributed by atoms with Crippen molar-refractivity contribution in [1.29, 1.82) is 0 Å². The molecule has 0 heterocycles. The van der Waals surface area contributed by atoms with Gasteiger partial charge in [0.15, 0.2) is 6.61 Å². The monoisotopic (exact) mass is 402 g/mol. The summed E-state index contributed by atoms with van der Waals surface area (Å²) < 4.78 is 5.16. The van der Waals surface area contributed by atoms with Crippen molar-refractivity contribution in [1.82, 2.24) is 5.32 Å². The van der Waals surface area contributed by atoms with Crippen LogP contribution < -0.4 is 10.6 Å². The van der Waals surface area contributed by atoms with E-state index in [4.69, 9.17) is 4.74 Å². The van der Waals surface area contributed by atoms with Crippen LogP contribution in [0.2, 0.25) is 0 Å². The zero-order chi connectivity index (χ0) is 21.1. The van der Waals surface area contributed by atoms with E-state index in [2.05, 4.69) is 17.6 Å². The molecule has 0 aromatic heterocycles. The molecule has 1 aromatic rings. The predicted octanol–water partition coefficient (Wildman–Crippen LogP) is 3.84. The number of esters is 1. The number of benzene rings is 1. The van der Waals surface area contributed by atoms with E-state index in [0.29, 0.717) is 0 Å². The fourth-order valence-electron chi connectivity index (χ4n) is 3.81. The van der Waals surface area contributed by atoms with Crippen LogP contribution in [0.3, 0.4) is 0 Å². The van der Waals surface area contributed by atoms with E-state index in [1.165, 1.54) is 19.3 Å². The van der Waals surface area contributed by atoms with Gasteiger partial charge in [-0.05, 0) is 49.7 Å². The first kappa shape index (κ1) is 22.9. The first-order valence-corrected chi connectivity index (χ1v) is 10.8. The van der Waals surface area contributed by atoms with Crippen LogP contribution in [-0.2, 0) is 25.5 Å². The number of carbonyl (C=O) groups excluding carboxylic acids is 3. The fraction of sp³-hybridized carbons (Fsp3) is 0.609. The number of ether oxygens (including phenoxy) is 1. The van der Waals surface area contributed by atoms with Crippen LogP contribution in [-0.4, -0.2) is 30.9 Å². The van der Waals surface area contributed by atoms with Crippen LogP contribution in [0.1, 0.15) is 64.4 Å². The number of carbonyl (C=O) groups is 3. The predicted molar refractivity (Wildman–Crippen MR) is 113 cm³/mol. The molecule has 2 rings (SSSR count). The molecule has 0 radical (unpaired) electrons. The molecular formula is C23H34N2O4. The Bertz CT molecular complexity index is 681. The molecule has 0 saturated heterocycles. The standard InChI is InChI=1S/C23H34N2O4/c1-3-5-8-17-11-13-19(14-12-17)23(28)29-16-22(27)24-15-21(26)25-20-10-7-6-9-18(20)4-2/h6-7,9-10,17,19H,3-5,8,11-16H2,1-2H3,(H,24,27)(H,25,26). The molecule has 0 bridgehead atoms. The van der Waals surface area contributed by atoms with Gasteiger partial charge < -0.3 is 15.4 Å². The second kappa shape index (κ2) is 12.2. The van der Waals surface area contributed by atoms with E-state index in [1.54, 1.807) is 0 Å². The first-order valence-electron chi connectivity index (χ1n) is 10.8. The van der Waals surface area contributed by atoms with Gasteiger partial charge >= 0.3 is 5.97 Å². The van der Waals surface area contributed by atoms with Crippen LogP contribution in [0.4, 0.5) is 5.69 Å². The zero-order valence-corrected chi connectivity index (χ0v) is 17.7. The van der Waals surface area contributed by atoms with Crippen molar-refractivity contribution in [3.8, 4) is 0 Å². The number of hydrogen-bond donors (Lipinski definition) is 2. The summed E-state index contributed by atoms with van der Waals surface area (Å²) in [6.07, 6.45) is 8.31. The largest absolute Gasteiger partial charge is 0.455 e. The van der Waals surface area contributed by atoms with E-state index in [-0.39, 0.29) is 30.9 Å². The van der Waals surface area contributed by atoms with Crippen molar-refractivity contribution in [2.75, 3.05) is 18.5 Å². The summed E-state index contributed by atoms with van der Waals surface area (Å²) in [5.74, 6) is -0.450. The van der Waals surface area contributed by atoms with Gasteiger partial charge in [0.2, 0.25) is 5.91 Å². The maximum Gasteiger partial charge on any atom is 0.309 e. The minimum absolute atomic E-state index is 0.102. The molecule has 29 heavy (non-hydrogen) atoms. The van der Waals surface area contributed by atoms with Crippen molar-refractivity contribution in [2.24, 2.45) is 11.8 Å². The minimum atomic E-state index is -0.464. The van der Waals surface area contributed by atoms with Gasteiger partial charge in [0.1, 0.15) is 0 Å². The average molecular weight is 403 g/mol. The highest BCUT2D eigenvalue weighted by Gasteiger charge is 2.27. The third-order valence-electron chi connectivity index (χ3n) is 5.61. The molecule has 0 spiro atoms. The minimum Gasteiger partial charge on any atom is -0.455 e. The summed E-state index contributed by atoms with van der Waals surface area (Å²) in [6, 6.07) is 7.55. The van der Waals surface area contributed by atoms with E-state index in [1.807, 2.05) is 31.2 Å². The Morgan fingerprint density at radius 3 is 2.45 bits per heavy atom. The Balaban J connectivity index is 1.64. The van der Waals surface area contributed by atoms with Crippen LogP contribution in [0.5, 0.6) is 0 Å². The number of nitrogens with one attached hydrogen (secondary N) is 2. The Kier molecular flexibility index (Phi) is 9.68. The number of unbranched alkanes of at least 4 members (excludes halogenated alkanes) is 1. The molecule has 0 atom stereocenters. The topological polar surface area (TPSA) is 84.5 Å². The van der Waals surface area contributed by atoms with Crippen LogP contribution in [0, 0.1) is 11.8 Å². The SMILES string of the molecule is CCCCC1CCC(C(=O)OCC(=O)NCC(=O)Nc2ccccc2CC)CC1. The quantitative estimate of drug-likeness (QED) is 0.582. The summed E-state index contributed by atoms with van der Waals surface area (Å²) in [7, 11) is 0. The average Bonchev–Trinajstić information content (AvgIpc) is 2.75. The lowest BCUT2D eigenvalue weighted by atomic mass is 9.80. The number of aryl methyl sites for hydroxylation is 1. The Morgan fingerprint density at radius 1 is 1.03 bits per heavy atom. The number of rotatable bonds is 10. The molecule has 1 aliphatic rings. The molecule has 6 heteroatoms. The molecule has 1 saturated carbocycles. The Hall–Kier alpha value is -2.37. The number of para-hydroxylation sites is 1. The van der Waals surface area contributed by atoms with Crippen molar-refractivity contribution >= 4 is 23.5 Å². The lowest BCUT2D eigenvalue weighted by molar-refractivity contribution is -0.153. The molecule has 2 amide bonds. The van der Waals surface area contributed by atoms with Gasteiger partial charge in [-0.2, -0.15) is 0 Å².